The average molecular weight is 464 g/mol. The van der Waals surface area contributed by atoms with Crippen LogP contribution in [-0.2, 0) is 0 Å². The van der Waals surface area contributed by atoms with Gasteiger partial charge in [-0.15, -0.1) is 0 Å². The van der Waals surface area contributed by atoms with Crippen LogP contribution in [-0.4, -0.2) is 43.6 Å². The van der Waals surface area contributed by atoms with Crippen LogP contribution >= 0.6 is 0 Å². The standard InChI is InChI=1S/C23H18F2N6O3/c1-29-16-10-15(19-12(21(29)32)3-2-4-17(19)34-22(24)25)31-14-9-11(5-6-13(14)27-20(16)31)30-8-7-18(26)28-23(30)33/h2-9,15-16,22H,10H2,1H3,(H2,26,28,33)/t15-,16-/m1/s1. The Bertz CT molecular complexity index is 1550. The van der Waals surface area contributed by atoms with Crippen LogP contribution in [0, 0.1) is 0 Å². The Hall–Kier alpha value is -4.28. The van der Waals surface area contributed by atoms with Crippen LogP contribution in [0.25, 0.3) is 16.7 Å². The maximum absolute atomic E-state index is 13.2. The summed E-state index contributed by atoms with van der Waals surface area (Å²) in [5, 5.41) is 0. The molecule has 6 rings (SSSR count). The highest BCUT2D eigenvalue weighted by Gasteiger charge is 2.45. The van der Waals surface area contributed by atoms with Crippen molar-refractivity contribution in [3.63, 3.8) is 0 Å². The number of alkyl halides is 2. The predicted octanol–water partition coefficient (Wildman–Crippen LogP) is 2.89. The Morgan fingerprint density at radius 3 is 2.71 bits per heavy atom. The van der Waals surface area contributed by atoms with Crippen molar-refractivity contribution in [2.45, 2.75) is 25.1 Å². The van der Waals surface area contributed by atoms with Crippen molar-refractivity contribution in [3.8, 4) is 11.4 Å². The Balaban J connectivity index is 1.60. The number of hydrogen-bond acceptors (Lipinski definition) is 6. The predicted molar refractivity (Wildman–Crippen MR) is 118 cm³/mol. The lowest BCUT2D eigenvalue weighted by molar-refractivity contribution is -0.0507. The molecular weight excluding hydrogens is 446 g/mol. The fourth-order valence-electron chi connectivity index (χ4n) is 5.03. The lowest BCUT2D eigenvalue weighted by Crippen LogP contribution is -2.30. The van der Waals surface area contributed by atoms with Gasteiger partial charge in [0.2, 0.25) is 0 Å². The third-order valence-corrected chi connectivity index (χ3v) is 6.49. The van der Waals surface area contributed by atoms with E-state index in [1.165, 1.54) is 29.0 Å². The van der Waals surface area contributed by atoms with Gasteiger partial charge in [-0.2, -0.15) is 13.8 Å². The molecule has 11 heteroatoms. The molecule has 2 bridgehead atoms. The van der Waals surface area contributed by atoms with Gasteiger partial charge in [0.25, 0.3) is 5.91 Å². The van der Waals surface area contributed by atoms with E-state index in [4.69, 9.17) is 15.5 Å². The Morgan fingerprint density at radius 1 is 1.12 bits per heavy atom. The first-order chi connectivity index (χ1) is 16.3. The first kappa shape index (κ1) is 20.3. The molecule has 0 spiro atoms. The zero-order chi connectivity index (χ0) is 23.7. The molecule has 0 radical (unpaired) electrons. The van der Waals surface area contributed by atoms with Crippen LogP contribution < -0.4 is 16.2 Å². The molecule has 9 nitrogen and oxygen atoms in total. The molecule has 0 unspecified atom stereocenters. The average Bonchev–Trinajstić information content (AvgIpc) is 3.31. The van der Waals surface area contributed by atoms with Gasteiger partial charge in [0.1, 0.15) is 17.4 Å². The number of halogens is 2. The second-order valence-electron chi connectivity index (χ2n) is 8.30. The van der Waals surface area contributed by atoms with Gasteiger partial charge >= 0.3 is 12.3 Å². The number of benzene rings is 2. The van der Waals surface area contributed by atoms with Gasteiger partial charge in [0.05, 0.1) is 28.8 Å². The van der Waals surface area contributed by atoms with Crippen molar-refractivity contribution in [1.82, 2.24) is 24.0 Å². The molecule has 172 valence electrons. The normalized spacial score (nSPS) is 18.8. The molecule has 4 heterocycles. The largest absolute Gasteiger partial charge is 0.434 e. The molecule has 2 aliphatic rings. The van der Waals surface area contributed by atoms with Crippen molar-refractivity contribution in [3.05, 3.63) is 76.1 Å². The topological polar surface area (TPSA) is 108 Å². The molecular formula is C23H18F2N6O3. The number of anilines is 1. The number of aromatic nitrogens is 4. The van der Waals surface area contributed by atoms with Crippen LogP contribution in [0.3, 0.4) is 0 Å². The summed E-state index contributed by atoms with van der Waals surface area (Å²) >= 11 is 0. The third-order valence-electron chi connectivity index (χ3n) is 6.49. The fourth-order valence-corrected chi connectivity index (χ4v) is 5.03. The number of hydrogen-bond donors (Lipinski definition) is 1. The monoisotopic (exact) mass is 464 g/mol. The van der Waals surface area contributed by atoms with E-state index in [-0.39, 0.29) is 23.5 Å². The number of nitrogens with zero attached hydrogens (tertiary/aromatic N) is 5. The molecule has 2 N–H and O–H groups in total. The number of carbonyl (C=O) groups is 1. The Kier molecular flexibility index (Phi) is 4.25. The molecule has 34 heavy (non-hydrogen) atoms. The smallest absolute Gasteiger partial charge is 0.387 e. The van der Waals surface area contributed by atoms with Crippen molar-refractivity contribution >= 4 is 22.8 Å². The Morgan fingerprint density at radius 2 is 1.94 bits per heavy atom. The van der Waals surface area contributed by atoms with E-state index in [2.05, 4.69) is 4.98 Å². The molecule has 1 amide bonds. The third kappa shape index (κ3) is 2.82. The lowest BCUT2D eigenvalue weighted by atomic mass is 9.97. The van der Waals surface area contributed by atoms with E-state index in [1.807, 2.05) is 4.57 Å². The van der Waals surface area contributed by atoms with Gasteiger partial charge in [-0.05, 0) is 36.4 Å². The summed E-state index contributed by atoms with van der Waals surface area (Å²) in [4.78, 5) is 35.7. The van der Waals surface area contributed by atoms with Gasteiger partial charge in [0.15, 0.2) is 0 Å². The SMILES string of the molecule is CN1C(=O)c2cccc(OC(F)F)c2[C@H]2C[C@@H]1c1nc3ccc(-n4ccc(N)nc4=O)cc3n12. The van der Waals surface area contributed by atoms with Crippen molar-refractivity contribution in [2.24, 2.45) is 0 Å². The minimum absolute atomic E-state index is 0.0373. The molecule has 0 fully saturated rings. The number of imidazole rings is 1. The molecule has 0 saturated carbocycles. The second-order valence-corrected chi connectivity index (χ2v) is 8.30. The molecule has 2 atom stereocenters. The Labute approximate surface area is 191 Å². The van der Waals surface area contributed by atoms with Crippen LogP contribution in [0.1, 0.15) is 40.3 Å². The van der Waals surface area contributed by atoms with E-state index in [0.29, 0.717) is 40.1 Å². The van der Waals surface area contributed by atoms with E-state index in [1.54, 1.807) is 36.2 Å². The number of ether oxygens (including phenoxy) is 1. The van der Waals surface area contributed by atoms with Crippen LogP contribution in [0.4, 0.5) is 14.6 Å². The van der Waals surface area contributed by atoms with E-state index in [0.717, 1.165) is 0 Å². The summed E-state index contributed by atoms with van der Waals surface area (Å²) in [5.74, 6) is 0.451. The highest BCUT2D eigenvalue weighted by Crippen LogP contribution is 2.50. The van der Waals surface area contributed by atoms with E-state index >= 15 is 0 Å². The summed E-state index contributed by atoms with van der Waals surface area (Å²) < 4.78 is 34.6. The first-order valence-corrected chi connectivity index (χ1v) is 10.6. The maximum Gasteiger partial charge on any atom is 0.387 e. The van der Waals surface area contributed by atoms with Crippen molar-refractivity contribution in [2.75, 3.05) is 12.8 Å². The molecule has 0 saturated heterocycles. The van der Waals surface area contributed by atoms with Crippen LogP contribution in [0.15, 0.2) is 53.5 Å². The zero-order valence-corrected chi connectivity index (χ0v) is 17.9. The van der Waals surface area contributed by atoms with Gasteiger partial charge in [-0.3, -0.25) is 9.36 Å². The number of nitrogens with two attached hydrogens (primary N) is 1. The highest BCUT2D eigenvalue weighted by molar-refractivity contribution is 5.97. The lowest BCUT2D eigenvalue weighted by Gasteiger charge is -2.24. The van der Waals surface area contributed by atoms with Crippen molar-refractivity contribution in [1.29, 1.82) is 0 Å². The minimum atomic E-state index is -3.03. The van der Waals surface area contributed by atoms with Crippen LogP contribution in [0.5, 0.6) is 5.75 Å². The number of fused-ring (bicyclic) bond motifs is 9. The number of rotatable bonds is 3. The van der Waals surface area contributed by atoms with Gasteiger partial charge < -0.3 is 19.9 Å². The molecule has 2 aromatic carbocycles. The summed E-state index contributed by atoms with van der Waals surface area (Å²) in [6.07, 6.45) is 2.00. The zero-order valence-electron chi connectivity index (χ0n) is 17.9. The van der Waals surface area contributed by atoms with Gasteiger partial charge in [-0.1, -0.05) is 6.07 Å². The maximum atomic E-state index is 13.2. The molecule has 2 aliphatic heterocycles. The fraction of sp³-hybridized carbons (Fsp3) is 0.217. The quantitative estimate of drug-likeness (QED) is 0.500. The first-order valence-electron chi connectivity index (χ1n) is 10.6. The van der Waals surface area contributed by atoms with Gasteiger partial charge in [0, 0.05) is 30.8 Å². The summed E-state index contributed by atoms with van der Waals surface area (Å²) in [7, 11) is 1.68. The minimum Gasteiger partial charge on any atom is -0.434 e. The summed E-state index contributed by atoms with van der Waals surface area (Å²) in [5.41, 5.74) is 7.70. The number of amides is 1. The number of carbonyl (C=O) groups excluding carboxylic acids is 1. The second kappa shape index (κ2) is 7.11. The molecule has 4 aromatic rings. The van der Waals surface area contributed by atoms with Crippen molar-refractivity contribution < 1.29 is 18.3 Å². The number of nitrogen functional groups attached to an aromatic ring is 1. The highest BCUT2D eigenvalue weighted by atomic mass is 19.3. The summed E-state index contributed by atoms with van der Waals surface area (Å²) in [6, 6.07) is 10.6. The van der Waals surface area contributed by atoms with Gasteiger partial charge in [-0.25, -0.2) is 9.78 Å². The summed E-state index contributed by atoms with van der Waals surface area (Å²) in [6.45, 7) is -3.03. The van der Waals surface area contributed by atoms with Crippen LogP contribution in [0.2, 0.25) is 0 Å². The molecule has 0 aliphatic carbocycles. The van der Waals surface area contributed by atoms with E-state index in [9.17, 15) is 18.4 Å². The van der Waals surface area contributed by atoms with E-state index < -0.39 is 18.3 Å². The molecule has 2 aromatic heterocycles.